The summed E-state index contributed by atoms with van der Waals surface area (Å²) in [5.74, 6) is -3.26. The largest absolute Gasteiger partial charge is 0.434 e. The number of hydrogen-bond donors (Lipinski definition) is 0. The van der Waals surface area contributed by atoms with Crippen LogP contribution in [0.1, 0.15) is 16.1 Å². The third kappa shape index (κ3) is 3.92. The summed E-state index contributed by atoms with van der Waals surface area (Å²) >= 11 is 6.10. The van der Waals surface area contributed by atoms with E-state index in [1.807, 2.05) is 0 Å². The molecule has 0 spiro atoms. The molecule has 0 bridgehead atoms. The smallest absolute Gasteiger partial charge is 0.355 e. The maximum atomic E-state index is 14.6. The van der Waals surface area contributed by atoms with Crippen LogP contribution in [0.4, 0.5) is 22.0 Å². The second-order valence-corrected chi connectivity index (χ2v) is 7.71. The Balaban J connectivity index is 2.04. The Morgan fingerprint density at radius 2 is 1.74 bits per heavy atom. The van der Waals surface area contributed by atoms with Crippen molar-refractivity contribution >= 4 is 17.5 Å². The number of halogens is 6. The lowest BCUT2D eigenvalue weighted by Crippen LogP contribution is -2.23. The number of rotatable bonds is 4. The summed E-state index contributed by atoms with van der Waals surface area (Å²) in [5.41, 5.74) is -3.74. The van der Waals surface area contributed by atoms with Gasteiger partial charge in [-0.2, -0.15) is 18.3 Å². The van der Waals surface area contributed by atoms with Crippen LogP contribution in [-0.2, 0) is 6.18 Å². The van der Waals surface area contributed by atoms with E-state index in [0.717, 1.165) is 29.3 Å². The molecule has 0 aliphatic rings. The maximum absolute atomic E-state index is 14.6. The van der Waals surface area contributed by atoms with Gasteiger partial charge in [0.1, 0.15) is 28.6 Å². The van der Waals surface area contributed by atoms with Crippen molar-refractivity contribution in [2.75, 3.05) is 14.1 Å². The molecule has 0 N–H and O–H groups in total. The maximum Gasteiger partial charge on any atom is 0.434 e. The van der Waals surface area contributed by atoms with Gasteiger partial charge in [0.2, 0.25) is 0 Å². The molecule has 34 heavy (non-hydrogen) atoms. The topological polar surface area (TPSA) is 64.2 Å². The summed E-state index contributed by atoms with van der Waals surface area (Å²) in [6.45, 7) is 0. The van der Waals surface area contributed by atoms with Crippen molar-refractivity contribution in [3.8, 4) is 28.3 Å². The van der Waals surface area contributed by atoms with Crippen LogP contribution in [0, 0.1) is 11.6 Å². The molecular formula is C22H14ClF5N4O2. The standard InChI is InChI=1S/C22H14ClF5N4O2/c1-31(2)21(33)17-18(16-12(23)6-5-8-14(16)25)30-34-19(17)11-10-29-32(20(11)22(26,27)28)15-9-4-3-7-13(15)24/h3-10H,1-2H3. The molecule has 0 radical (unpaired) electrons. The zero-order valence-electron chi connectivity index (χ0n) is 17.5. The molecular weight excluding hydrogens is 483 g/mol. The first-order valence-electron chi connectivity index (χ1n) is 9.58. The first-order chi connectivity index (χ1) is 16.0. The highest BCUT2D eigenvalue weighted by Crippen LogP contribution is 2.43. The third-order valence-electron chi connectivity index (χ3n) is 4.87. The van der Waals surface area contributed by atoms with E-state index >= 15 is 0 Å². The van der Waals surface area contributed by atoms with Gasteiger partial charge in [0, 0.05) is 14.1 Å². The van der Waals surface area contributed by atoms with E-state index < -0.39 is 52.0 Å². The summed E-state index contributed by atoms with van der Waals surface area (Å²) in [7, 11) is 2.69. The van der Waals surface area contributed by atoms with Gasteiger partial charge in [-0.3, -0.25) is 4.79 Å². The van der Waals surface area contributed by atoms with Gasteiger partial charge >= 0.3 is 6.18 Å². The van der Waals surface area contributed by atoms with Crippen molar-refractivity contribution in [3.05, 3.63) is 76.6 Å². The molecule has 0 saturated carbocycles. The second-order valence-electron chi connectivity index (χ2n) is 7.30. The van der Waals surface area contributed by atoms with Gasteiger partial charge in [-0.15, -0.1) is 0 Å². The van der Waals surface area contributed by atoms with E-state index in [4.69, 9.17) is 16.1 Å². The molecule has 4 rings (SSSR count). The highest BCUT2D eigenvalue weighted by molar-refractivity contribution is 6.33. The summed E-state index contributed by atoms with van der Waals surface area (Å²) in [6.07, 6.45) is -4.27. The third-order valence-corrected chi connectivity index (χ3v) is 5.19. The van der Waals surface area contributed by atoms with Gasteiger partial charge in [-0.25, -0.2) is 13.5 Å². The molecule has 0 saturated heterocycles. The zero-order chi connectivity index (χ0) is 24.8. The van der Waals surface area contributed by atoms with E-state index in [0.29, 0.717) is 4.68 Å². The Morgan fingerprint density at radius 1 is 1.06 bits per heavy atom. The highest BCUT2D eigenvalue weighted by atomic mass is 35.5. The van der Waals surface area contributed by atoms with Gasteiger partial charge in [0.25, 0.3) is 5.91 Å². The van der Waals surface area contributed by atoms with E-state index in [-0.39, 0.29) is 16.3 Å². The predicted octanol–water partition coefficient (Wildman–Crippen LogP) is 5.85. The van der Waals surface area contributed by atoms with Crippen LogP contribution >= 0.6 is 11.6 Å². The molecule has 12 heteroatoms. The molecule has 1 amide bonds. The molecule has 0 fully saturated rings. The molecule has 0 aliphatic heterocycles. The Kier molecular flexibility index (Phi) is 5.90. The van der Waals surface area contributed by atoms with Gasteiger partial charge in [-0.05, 0) is 24.3 Å². The minimum absolute atomic E-state index is 0.134. The van der Waals surface area contributed by atoms with Crippen LogP contribution in [-0.4, -0.2) is 39.8 Å². The van der Waals surface area contributed by atoms with Crippen LogP contribution < -0.4 is 0 Å². The van der Waals surface area contributed by atoms with Crippen molar-refractivity contribution in [1.82, 2.24) is 19.8 Å². The molecule has 0 aliphatic carbocycles. The first-order valence-corrected chi connectivity index (χ1v) is 9.96. The average molecular weight is 497 g/mol. The van der Waals surface area contributed by atoms with E-state index in [1.54, 1.807) is 0 Å². The monoisotopic (exact) mass is 496 g/mol. The van der Waals surface area contributed by atoms with Crippen molar-refractivity contribution < 1.29 is 31.3 Å². The van der Waals surface area contributed by atoms with Gasteiger partial charge < -0.3 is 9.42 Å². The number of para-hydroxylation sites is 1. The molecule has 2 aromatic heterocycles. The number of carbonyl (C=O) groups is 1. The average Bonchev–Trinajstić information content (AvgIpc) is 3.37. The molecule has 0 atom stereocenters. The molecule has 6 nitrogen and oxygen atoms in total. The van der Waals surface area contributed by atoms with Gasteiger partial charge in [0.05, 0.1) is 22.3 Å². The predicted molar refractivity (Wildman–Crippen MR) is 112 cm³/mol. The summed E-state index contributed by atoms with van der Waals surface area (Å²) in [6, 6.07) is 8.43. The van der Waals surface area contributed by atoms with Crippen molar-refractivity contribution in [2.24, 2.45) is 0 Å². The number of carbonyl (C=O) groups excluding carboxylic acids is 1. The fraction of sp³-hybridized carbons (Fsp3) is 0.136. The minimum atomic E-state index is -5.05. The van der Waals surface area contributed by atoms with E-state index in [1.165, 1.54) is 38.4 Å². The normalized spacial score (nSPS) is 11.6. The quantitative estimate of drug-likeness (QED) is 0.333. The fourth-order valence-electron chi connectivity index (χ4n) is 3.38. The van der Waals surface area contributed by atoms with E-state index in [2.05, 4.69) is 10.3 Å². The number of hydrogen-bond acceptors (Lipinski definition) is 4. The van der Waals surface area contributed by atoms with E-state index in [9.17, 15) is 26.7 Å². The van der Waals surface area contributed by atoms with Crippen LogP contribution in [0.25, 0.3) is 28.3 Å². The summed E-state index contributed by atoms with van der Waals surface area (Å²) in [4.78, 5) is 14.1. The summed E-state index contributed by atoms with van der Waals surface area (Å²) in [5, 5.41) is 7.25. The number of amides is 1. The summed E-state index contributed by atoms with van der Waals surface area (Å²) < 4.78 is 76.9. The van der Waals surface area contributed by atoms with Crippen molar-refractivity contribution in [1.29, 1.82) is 0 Å². The Bertz CT molecular complexity index is 1370. The van der Waals surface area contributed by atoms with Crippen LogP contribution in [0.3, 0.4) is 0 Å². The second kappa shape index (κ2) is 8.56. The number of aromatic nitrogens is 3. The molecule has 2 heterocycles. The van der Waals surface area contributed by atoms with Crippen molar-refractivity contribution in [2.45, 2.75) is 6.18 Å². The van der Waals surface area contributed by atoms with Gasteiger partial charge in [0.15, 0.2) is 11.5 Å². The Labute approximate surface area is 194 Å². The van der Waals surface area contributed by atoms with Crippen molar-refractivity contribution in [3.63, 3.8) is 0 Å². The molecule has 4 aromatic rings. The lowest BCUT2D eigenvalue weighted by molar-refractivity contribution is -0.142. The highest BCUT2D eigenvalue weighted by Gasteiger charge is 2.42. The van der Waals surface area contributed by atoms with Crippen LogP contribution in [0.5, 0.6) is 0 Å². The number of nitrogens with zero attached hydrogens (tertiary/aromatic N) is 4. The van der Waals surface area contributed by atoms with Crippen LogP contribution in [0.15, 0.2) is 53.2 Å². The minimum Gasteiger partial charge on any atom is -0.355 e. The Hall–Kier alpha value is -3.73. The number of benzene rings is 2. The number of alkyl halides is 3. The molecule has 2 aromatic carbocycles. The zero-order valence-corrected chi connectivity index (χ0v) is 18.2. The lowest BCUT2D eigenvalue weighted by Gasteiger charge is -2.14. The molecule has 176 valence electrons. The first kappa shape index (κ1) is 23.4. The van der Waals surface area contributed by atoms with Crippen LogP contribution in [0.2, 0.25) is 5.02 Å². The Morgan fingerprint density at radius 3 is 2.35 bits per heavy atom. The molecule has 0 unspecified atom stereocenters. The SMILES string of the molecule is CN(C)C(=O)c1c(-c2c(F)cccc2Cl)noc1-c1cnn(-c2ccccc2F)c1C(F)(F)F. The lowest BCUT2D eigenvalue weighted by atomic mass is 10.0. The fourth-order valence-corrected chi connectivity index (χ4v) is 3.64. The van der Waals surface area contributed by atoms with Gasteiger partial charge in [-0.1, -0.05) is 35.0 Å².